The Hall–Kier alpha value is -1.71. The number of aromatic amines is 1. The lowest BCUT2D eigenvalue weighted by molar-refractivity contribution is -0.107. The van der Waals surface area contributed by atoms with Crippen LogP contribution >= 0.6 is 0 Å². The summed E-state index contributed by atoms with van der Waals surface area (Å²) in [5.74, 6) is -1.20. The molecular formula is C11H9F2NO. The molecule has 1 N–H and O–H groups in total. The number of nitrogens with one attached hydrogen (secondary N) is 1. The molecule has 0 fully saturated rings. The van der Waals surface area contributed by atoms with E-state index in [4.69, 9.17) is 0 Å². The third-order valence-electron chi connectivity index (χ3n) is 2.35. The maximum atomic E-state index is 13.7. The number of benzene rings is 1. The van der Waals surface area contributed by atoms with Crippen molar-refractivity contribution in [2.24, 2.45) is 0 Å². The van der Waals surface area contributed by atoms with Gasteiger partial charge in [0, 0.05) is 23.6 Å². The number of fused-ring (bicyclic) bond motifs is 1. The fraction of sp³-hybridized carbons (Fsp3) is 0.182. The molecule has 0 aliphatic rings. The Labute approximate surface area is 84.9 Å². The van der Waals surface area contributed by atoms with E-state index in [2.05, 4.69) is 4.98 Å². The summed E-state index contributed by atoms with van der Waals surface area (Å²) < 4.78 is 27.1. The summed E-state index contributed by atoms with van der Waals surface area (Å²) in [7, 11) is 0. The minimum absolute atomic E-state index is 0.0305. The van der Waals surface area contributed by atoms with Crippen molar-refractivity contribution in [3.63, 3.8) is 0 Å². The van der Waals surface area contributed by atoms with Crippen molar-refractivity contribution >= 4 is 17.2 Å². The third kappa shape index (κ3) is 1.63. The summed E-state index contributed by atoms with van der Waals surface area (Å²) in [4.78, 5) is 12.9. The van der Waals surface area contributed by atoms with E-state index in [9.17, 15) is 13.6 Å². The Kier molecular flexibility index (Phi) is 2.49. The van der Waals surface area contributed by atoms with Crippen LogP contribution < -0.4 is 0 Å². The second-order valence-electron chi connectivity index (χ2n) is 3.30. The Bertz CT molecular complexity index is 505. The van der Waals surface area contributed by atoms with Gasteiger partial charge in [0.1, 0.15) is 12.1 Å². The van der Waals surface area contributed by atoms with Crippen LogP contribution in [0.4, 0.5) is 8.78 Å². The zero-order valence-corrected chi connectivity index (χ0v) is 7.89. The van der Waals surface area contributed by atoms with Gasteiger partial charge in [-0.25, -0.2) is 8.78 Å². The van der Waals surface area contributed by atoms with Crippen LogP contribution in [0.2, 0.25) is 0 Å². The number of aldehydes is 1. The van der Waals surface area contributed by atoms with E-state index in [0.29, 0.717) is 11.7 Å². The standard InChI is InChI=1S/C11H9F2NO/c12-9-6-7-3-4-14-11(7)10(13)8(9)2-1-5-15/h3-6,14H,1-2H2. The van der Waals surface area contributed by atoms with Crippen LogP contribution in [-0.4, -0.2) is 11.3 Å². The van der Waals surface area contributed by atoms with Crippen LogP contribution in [0.5, 0.6) is 0 Å². The molecule has 78 valence electrons. The van der Waals surface area contributed by atoms with E-state index in [1.807, 2.05) is 0 Å². The molecule has 4 heteroatoms. The highest BCUT2D eigenvalue weighted by Crippen LogP contribution is 2.23. The van der Waals surface area contributed by atoms with Gasteiger partial charge in [0.2, 0.25) is 0 Å². The lowest BCUT2D eigenvalue weighted by Crippen LogP contribution is -1.97. The average molecular weight is 209 g/mol. The van der Waals surface area contributed by atoms with E-state index in [1.54, 1.807) is 12.3 Å². The molecule has 1 aromatic carbocycles. The van der Waals surface area contributed by atoms with Crippen LogP contribution in [0.1, 0.15) is 12.0 Å². The van der Waals surface area contributed by atoms with E-state index in [0.717, 1.165) is 0 Å². The molecule has 15 heavy (non-hydrogen) atoms. The molecule has 2 aromatic rings. The Morgan fingerprint density at radius 3 is 2.93 bits per heavy atom. The van der Waals surface area contributed by atoms with Crippen LogP contribution in [-0.2, 0) is 11.2 Å². The lowest BCUT2D eigenvalue weighted by Gasteiger charge is -2.03. The van der Waals surface area contributed by atoms with Crippen molar-refractivity contribution in [1.82, 2.24) is 4.98 Å². The van der Waals surface area contributed by atoms with E-state index in [1.165, 1.54) is 6.07 Å². The minimum Gasteiger partial charge on any atom is -0.359 e. The van der Waals surface area contributed by atoms with Crippen LogP contribution in [0.15, 0.2) is 18.3 Å². The largest absolute Gasteiger partial charge is 0.359 e. The first-order valence-corrected chi connectivity index (χ1v) is 4.61. The number of halogens is 2. The third-order valence-corrected chi connectivity index (χ3v) is 2.35. The number of hydrogen-bond acceptors (Lipinski definition) is 1. The van der Waals surface area contributed by atoms with Gasteiger partial charge in [0.25, 0.3) is 0 Å². The Morgan fingerprint density at radius 2 is 2.20 bits per heavy atom. The number of rotatable bonds is 3. The highest BCUT2D eigenvalue weighted by atomic mass is 19.1. The quantitative estimate of drug-likeness (QED) is 0.774. The van der Waals surface area contributed by atoms with Gasteiger partial charge in [0.05, 0.1) is 5.52 Å². The predicted octanol–water partition coefficient (Wildman–Crippen LogP) is 2.58. The molecule has 0 radical (unpaired) electrons. The molecule has 0 spiro atoms. The molecule has 0 unspecified atom stereocenters. The van der Waals surface area contributed by atoms with Crippen LogP contribution in [0, 0.1) is 11.6 Å². The van der Waals surface area contributed by atoms with E-state index < -0.39 is 11.6 Å². The van der Waals surface area contributed by atoms with Gasteiger partial charge in [-0.3, -0.25) is 0 Å². The maximum Gasteiger partial charge on any atom is 0.153 e. The highest BCUT2D eigenvalue weighted by Gasteiger charge is 2.13. The van der Waals surface area contributed by atoms with Crippen molar-refractivity contribution in [1.29, 1.82) is 0 Å². The number of carbonyl (C=O) groups excluding carboxylic acids is 1. The van der Waals surface area contributed by atoms with Gasteiger partial charge in [-0.15, -0.1) is 0 Å². The summed E-state index contributed by atoms with van der Waals surface area (Å²) >= 11 is 0. The van der Waals surface area contributed by atoms with Gasteiger partial charge in [0.15, 0.2) is 5.82 Å². The van der Waals surface area contributed by atoms with Crippen LogP contribution in [0.25, 0.3) is 10.9 Å². The molecule has 1 heterocycles. The summed E-state index contributed by atoms with van der Waals surface area (Å²) in [6.07, 6.45) is 2.42. The van der Waals surface area contributed by atoms with E-state index in [-0.39, 0.29) is 23.9 Å². The molecule has 0 aliphatic carbocycles. The smallest absolute Gasteiger partial charge is 0.153 e. The first kappa shape index (κ1) is 9.83. The molecule has 0 amide bonds. The molecule has 0 atom stereocenters. The average Bonchev–Trinajstić information content (AvgIpc) is 2.65. The SMILES string of the molecule is O=CCCc1c(F)cc2cc[nH]c2c1F. The van der Waals surface area contributed by atoms with Crippen molar-refractivity contribution in [2.45, 2.75) is 12.8 Å². The molecule has 1 aromatic heterocycles. The summed E-state index contributed by atoms with van der Waals surface area (Å²) in [5, 5.41) is 0.500. The second kappa shape index (κ2) is 3.81. The maximum absolute atomic E-state index is 13.7. The minimum atomic E-state index is -0.600. The first-order valence-electron chi connectivity index (χ1n) is 4.61. The second-order valence-corrected chi connectivity index (χ2v) is 3.30. The number of aromatic nitrogens is 1. The van der Waals surface area contributed by atoms with Gasteiger partial charge >= 0.3 is 0 Å². The summed E-state index contributed by atoms with van der Waals surface area (Å²) in [5.41, 5.74) is 0.259. The monoisotopic (exact) mass is 209 g/mol. The predicted molar refractivity (Wildman–Crippen MR) is 52.6 cm³/mol. The summed E-state index contributed by atoms with van der Waals surface area (Å²) in [6, 6.07) is 2.88. The first-order chi connectivity index (χ1) is 7.24. The van der Waals surface area contributed by atoms with E-state index >= 15 is 0 Å². The number of carbonyl (C=O) groups is 1. The molecular weight excluding hydrogens is 200 g/mol. The van der Waals surface area contributed by atoms with Crippen molar-refractivity contribution in [3.05, 3.63) is 35.5 Å². The molecule has 0 bridgehead atoms. The molecule has 0 saturated heterocycles. The zero-order valence-electron chi connectivity index (χ0n) is 7.89. The van der Waals surface area contributed by atoms with Gasteiger partial charge in [-0.05, 0) is 18.6 Å². The molecule has 0 aliphatic heterocycles. The fourth-order valence-electron chi connectivity index (χ4n) is 1.60. The van der Waals surface area contributed by atoms with Crippen LogP contribution in [0.3, 0.4) is 0 Å². The van der Waals surface area contributed by atoms with Crippen molar-refractivity contribution in [3.8, 4) is 0 Å². The summed E-state index contributed by atoms with van der Waals surface area (Å²) in [6.45, 7) is 0. The Morgan fingerprint density at radius 1 is 1.40 bits per heavy atom. The lowest BCUT2D eigenvalue weighted by atomic mass is 10.1. The van der Waals surface area contributed by atoms with Gasteiger partial charge in [-0.2, -0.15) is 0 Å². The fourth-order valence-corrected chi connectivity index (χ4v) is 1.60. The molecule has 0 saturated carbocycles. The number of H-pyrrole nitrogens is 1. The topological polar surface area (TPSA) is 32.9 Å². The zero-order chi connectivity index (χ0) is 10.8. The van der Waals surface area contributed by atoms with Gasteiger partial charge in [-0.1, -0.05) is 0 Å². The highest BCUT2D eigenvalue weighted by molar-refractivity contribution is 5.81. The van der Waals surface area contributed by atoms with Gasteiger partial charge < -0.3 is 9.78 Å². The van der Waals surface area contributed by atoms with Crippen molar-refractivity contribution in [2.75, 3.05) is 0 Å². The van der Waals surface area contributed by atoms with Crippen molar-refractivity contribution < 1.29 is 13.6 Å². The number of hydrogen-bond donors (Lipinski definition) is 1. The molecule has 2 rings (SSSR count). The normalized spacial score (nSPS) is 10.8. The molecule has 2 nitrogen and oxygen atoms in total. The Balaban J connectivity index is 2.56.